The smallest absolute Gasteiger partial charge is 0.195 e. The van der Waals surface area contributed by atoms with Crippen LogP contribution in [0.15, 0.2) is 85.2 Å². The first-order valence-corrected chi connectivity index (χ1v) is 6.33. The molecule has 0 aliphatic carbocycles. The van der Waals surface area contributed by atoms with Gasteiger partial charge < -0.3 is 9.64 Å². The molecule has 1 heterocycles. The van der Waals surface area contributed by atoms with E-state index in [0.717, 1.165) is 11.4 Å². The summed E-state index contributed by atoms with van der Waals surface area (Å²) in [5, 5.41) is 0. The molecule has 0 saturated carbocycles. The summed E-state index contributed by atoms with van der Waals surface area (Å²) in [5.74, 6) is 0. The highest BCUT2D eigenvalue weighted by Crippen LogP contribution is 2.29. The highest BCUT2D eigenvalue weighted by atomic mass is 16.5. The molecule has 0 fully saturated rings. The lowest BCUT2D eigenvalue weighted by molar-refractivity contribution is 0.188. The predicted molar refractivity (Wildman–Crippen MR) is 78.2 cm³/mol. The van der Waals surface area contributed by atoms with Crippen molar-refractivity contribution in [1.82, 2.24) is 0 Å². The molecule has 0 bridgehead atoms. The number of hydrogen-bond acceptors (Lipinski definition) is 2. The van der Waals surface area contributed by atoms with Gasteiger partial charge in [0.1, 0.15) is 0 Å². The molecule has 2 aromatic carbocycles. The summed E-state index contributed by atoms with van der Waals surface area (Å²) in [6.07, 6.45) is 7.55. The van der Waals surface area contributed by atoms with Crippen LogP contribution in [0.2, 0.25) is 0 Å². The number of hydrogen-bond donors (Lipinski definition) is 0. The average molecular weight is 249 g/mol. The predicted octanol–water partition coefficient (Wildman–Crippen LogP) is 4.25. The molecule has 94 valence electrons. The van der Waals surface area contributed by atoms with Crippen molar-refractivity contribution in [3.05, 3.63) is 85.2 Å². The summed E-state index contributed by atoms with van der Waals surface area (Å²) >= 11 is 0. The molecule has 0 aromatic heterocycles. The normalized spacial score (nSPS) is 16.9. The third kappa shape index (κ3) is 2.52. The number of allylic oxidation sites excluding steroid dienone is 2. The van der Waals surface area contributed by atoms with Gasteiger partial charge in [-0.05, 0) is 36.4 Å². The van der Waals surface area contributed by atoms with Crippen molar-refractivity contribution in [3.63, 3.8) is 0 Å². The zero-order valence-electron chi connectivity index (χ0n) is 10.5. The maximum absolute atomic E-state index is 5.71. The topological polar surface area (TPSA) is 12.5 Å². The molecular weight excluding hydrogens is 234 g/mol. The fourth-order valence-corrected chi connectivity index (χ4v) is 2.14. The highest BCUT2D eigenvalue weighted by Gasteiger charge is 2.19. The molecule has 1 aliphatic rings. The van der Waals surface area contributed by atoms with E-state index in [1.807, 2.05) is 54.6 Å². The van der Waals surface area contributed by atoms with Crippen molar-refractivity contribution in [2.24, 2.45) is 0 Å². The second-order valence-corrected chi connectivity index (χ2v) is 4.28. The van der Waals surface area contributed by atoms with Crippen LogP contribution in [0.4, 0.5) is 11.4 Å². The Morgan fingerprint density at radius 2 is 1.32 bits per heavy atom. The van der Waals surface area contributed by atoms with E-state index >= 15 is 0 Å². The van der Waals surface area contributed by atoms with Crippen LogP contribution in [0.1, 0.15) is 0 Å². The van der Waals surface area contributed by atoms with E-state index in [1.165, 1.54) is 0 Å². The maximum atomic E-state index is 5.71. The summed E-state index contributed by atoms with van der Waals surface area (Å²) in [7, 11) is 0. The van der Waals surface area contributed by atoms with Gasteiger partial charge in [0.15, 0.2) is 6.23 Å². The summed E-state index contributed by atoms with van der Waals surface area (Å²) in [5.41, 5.74) is 2.22. The molecular formula is C17H15NO. The van der Waals surface area contributed by atoms with E-state index in [-0.39, 0.29) is 6.23 Å². The van der Waals surface area contributed by atoms with E-state index in [4.69, 9.17) is 4.74 Å². The summed E-state index contributed by atoms with van der Waals surface area (Å²) in [4.78, 5) is 2.17. The highest BCUT2D eigenvalue weighted by molar-refractivity contribution is 5.64. The van der Waals surface area contributed by atoms with Crippen LogP contribution < -0.4 is 4.90 Å². The Labute approximate surface area is 113 Å². The van der Waals surface area contributed by atoms with Crippen molar-refractivity contribution in [2.45, 2.75) is 6.23 Å². The molecule has 3 rings (SSSR count). The van der Waals surface area contributed by atoms with Crippen LogP contribution in [0.5, 0.6) is 0 Å². The zero-order valence-corrected chi connectivity index (χ0v) is 10.5. The zero-order chi connectivity index (χ0) is 12.9. The fourth-order valence-electron chi connectivity index (χ4n) is 2.14. The van der Waals surface area contributed by atoms with Gasteiger partial charge in [0.25, 0.3) is 0 Å². The molecule has 0 radical (unpaired) electrons. The summed E-state index contributed by atoms with van der Waals surface area (Å²) < 4.78 is 5.71. The van der Waals surface area contributed by atoms with Gasteiger partial charge in [-0.3, -0.25) is 0 Å². The maximum Gasteiger partial charge on any atom is 0.195 e. The minimum atomic E-state index is -0.116. The minimum Gasteiger partial charge on any atom is -0.474 e. The molecule has 0 saturated heterocycles. The first kappa shape index (κ1) is 11.6. The van der Waals surface area contributed by atoms with Crippen LogP contribution in [0.3, 0.4) is 0 Å². The van der Waals surface area contributed by atoms with Crippen LogP contribution in [0, 0.1) is 0 Å². The van der Waals surface area contributed by atoms with Crippen molar-refractivity contribution in [1.29, 1.82) is 0 Å². The van der Waals surface area contributed by atoms with Gasteiger partial charge in [-0.25, -0.2) is 0 Å². The average Bonchev–Trinajstić information content (AvgIpc) is 2.51. The molecule has 0 amide bonds. The van der Waals surface area contributed by atoms with Crippen molar-refractivity contribution >= 4 is 11.4 Å². The van der Waals surface area contributed by atoms with Crippen molar-refractivity contribution < 1.29 is 4.74 Å². The van der Waals surface area contributed by atoms with E-state index in [0.29, 0.717) is 0 Å². The lowest BCUT2D eigenvalue weighted by Crippen LogP contribution is -2.31. The lowest BCUT2D eigenvalue weighted by atomic mass is 10.2. The fraction of sp³-hybridized carbons (Fsp3) is 0.0588. The molecule has 2 nitrogen and oxygen atoms in total. The van der Waals surface area contributed by atoms with Crippen LogP contribution in [-0.4, -0.2) is 6.23 Å². The molecule has 0 N–H and O–H groups in total. The molecule has 19 heavy (non-hydrogen) atoms. The Bertz CT molecular complexity index is 535. The van der Waals surface area contributed by atoms with Gasteiger partial charge >= 0.3 is 0 Å². The van der Waals surface area contributed by atoms with E-state index in [2.05, 4.69) is 29.2 Å². The summed E-state index contributed by atoms with van der Waals surface area (Å²) in [6, 6.07) is 20.5. The number of ether oxygens (including phenoxy) is 1. The molecule has 1 unspecified atom stereocenters. The van der Waals surface area contributed by atoms with Gasteiger partial charge in [0, 0.05) is 11.4 Å². The Hall–Kier alpha value is -2.48. The monoisotopic (exact) mass is 249 g/mol. The third-order valence-corrected chi connectivity index (χ3v) is 3.01. The van der Waals surface area contributed by atoms with E-state index < -0.39 is 0 Å². The van der Waals surface area contributed by atoms with Crippen LogP contribution in [0.25, 0.3) is 0 Å². The third-order valence-electron chi connectivity index (χ3n) is 3.01. The molecule has 1 aliphatic heterocycles. The number of nitrogens with zero attached hydrogens (tertiary/aromatic N) is 1. The van der Waals surface area contributed by atoms with E-state index in [9.17, 15) is 0 Å². The second-order valence-electron chi connectivity index (χ2n) is 4.28. The summed E-state index contributed by atoms with van der Waals surface area (Å²) in [6.45, 7) is 0. The Morgan fingerprint density at radius 1 is 0.737 bits per heavy atom. The first-order valence-electron chi connectivity index (χ1n) is 6.33. The van der Waals surface area contributed by atoms with Gasteiger partial charge in [0.05, 0.1) is 6.26 Å². The largest absolute Gasteiger partial charge is 0.474 e. The quantitative estimate of drug-likeness (QED) is 0.806. The van der Waals surface area contributed by atoms with Gasteiger partial charge in [-0.15, -0.1) is 0 Å². The number of rotatable bonds is 3. The number of anilines is 2. The van der Waals surface area contributed by atoms with Crippen LogP contribution in [-0.2, 0) is 4.74 Å². The van der Waals surface area contributed by atoms with Crippen molar-refractivity contribution in [2.75, 3.05) is 4.90 Å². The minimum absolute atomic E-state index is 0.116. The van der Waals surface area contributed by atoms with Crippen LogP contribution >= 0.6 is 0 Å². The number of para-hydroxylation sites is 2. The van der Waals surface area contributed by atoms with Crippen molar-refractivity contribution in [3.8, 4) is 0 Å². The van der Waals surface area contributed by atoms with Gasteiger partial charge in [0.2, 0.25) is 0 Å². The number of benzene rings is 2. The van der Waals surface area contributed by atoms with E-state index in [1.54, 1.807) is 6.26 Å². The van der Waals surface area contributed by atoms with Gasteiger partial charge in [-0.2, -0.15) is 0 Å². The Morgan fingerprint density at radius 3 is 1.79 bits per heavy atom. The molecule has 1 atom stereocenters. The molecule has 0 spiro atoms. The SMILES string of the molecule is C1=COC(N(c2ccccc2)c2ccccc2)C=C1. The second kappa shape index (κ2) is 5.44. The Kier molecular flexibility index (Phi) is 3.32. The first-order chi connectivity index (χ1) is 9.45. The Balaban J connectivity index is 2.01. The molecule has 2 heteroatoms. The van der Waals surface area contributed by atoms with Gasteiger partial charge in [-0.1, -0.05) is 42.5 Å². The molecule has 2 aromatic rings. The standard InChI is InChI=1S/C17H15NO/c1-3-9-15(10-4-1)18(16-11-5-2-6-12-16)17-13-7-8-14-19-17/h1-14,17H. The lowest BCUT2D eigenvalue weighted by Gasteiger charge is -2.32.